The third-order valence-corrected chi connectivity index (χ3v) is 10.7. The van der Waals surface area contributed by atoms with Gasteiger partial charge in [0.2, 0.25) is 0 Å². The quantitative estimate of drug-likeness (QED) is 0.107. The fraction of sp³-hybridized carbons (Fsp3) is 0.362. The van der Waals surface area contributed by atoms with Crippen molar-refractivity contribution in [1.29, 1.82) is 0 Å². The summed E-state index contributed by atoms with van der Waals surface area (Å²) in [7, 11) is 0. The van der Waals surface area contributed by atoms with E-state index >= 15 is 0 Å². The molecule has 1 aliphatic carbocycles. The number of rotatable bonds is 13. The molecule has 0 nitrogen and oxygen atoms in total. The first kappa shape index (κ1) is 37.8. The number of unbranched alkanes of at least 4 members (excludes halogenated alkanes) is 3. The molecule has 0 bridgehead atoms. The van der Waals surface area contributed by atoms with Crippen LogP contribution in [-0.4, -0.2) is 3.21 Å². The van der Waals surface area contributed by atoms with E-state index < -0.39 is 0 Å². The van der Waals surface area contributed by atoms with Gasteiger partial charge >= 0.3 is 79.8 Å². The summed E-state index contributed by atoms with van der Waals surface area (Å²) in [6, 6.07) is 31.6. The topological polar surface area (TPSA) is 0 Å². The molecule has 0 atom stereocenters. The molecule has 0 saturated carbocycles. The van der Waals surface area contributed by atoms with E-state index in [9.17, 15) is 0 Å². The summed E-state index contributed by atoms with van der Waals surface area (Å²) < 4.78 is 1.79. The molecule has 0 unspecified atom stereocenters. The summed E-state index contributed by atoms with van der Waals surface area (Å²) in [5.74, 6) is 0. The zero-order valence-electron chi connectivity index (χ0n) is 30.3. The van der Waals surface area contributed by atoms with Crippen molar-refractivity contribution in [3.05, 3.63) is 148 Å². The second-order valence-electron chi connectivity index (χ2n) is 13.4. The molecule has 248 valence electrons. The van der Waals surface area contributed by atoms with E-state index in [1.165, 1.54) is 106 Å². The zero-order chi connectivity index (χ0) is 34.1. The fourth-order valence-corrected chi connectivity index (χ4v) is 7.39. The van der Waals surface area contributed by atoms with Gasteiger partial charge in [-0.2, -0.15) is 6.08 Å². The molecule has 0 spiro atoms. The standard InChI is InChI=1S/C33H33.C9H18.C5H5.Zr/c1-4-5-16-30-24(3)28(19-26-14-10-7-11-15-26)21-33-31-20-27(18-25-12-8-6-9-13-25)23(2)17-29(31)22-32(30)33;1-3-5-7-9-8-6-4-2;1-2-4-5-3-1;/h6-15,17,20-22H,4-5,16,18-19H2,1-3H3;3-8H2,1-2H3;1-3H,4H2;/q-1;;-1;+2. The van der Waals surface area contributed by atoms with Crippen LogP contribution in [0.2, 0.25) is 0 Å². The van der Waals surface area contributed by atoms with Crippen LogP contribution in [0.5, 0.6) is 0 Å². The van der Waals surface area contributed by atoms with E-state index in [1.807, 2.05) is 12.2 Å². The summed E-state index contributed by atoms with van der Waals surface area (Å²) in [5.41, 5.74) is 10.1. The summed E-state index contributed by atoms with van der Waals surface area (Å²) in [4.78, 5) is 0. The van der Waals surface area contributed by atoms with Crippen molar-refractivity contribution >= 4 is 24.8 Å². The Bertz CT molecular complexity index is 1740. The van der Waals surface area contributed by atoms with Crippen molar-refractivity contribution in [2.75, 3.05) is 0 Å². The molecular formula is C47H56Zr. The van der Waals surface area contributed by atoms with Crippen LogP contribution in [0.25, 0.3) is 21.5 Å². The Morgan fingerprint density at radius 2 is 1.31 bits per heavy atom. The van der Waals surface area contributed by atoms with Crippen LogP contribution in [0.4, 0.5) is 0 Å². The first-order chi connectivity index (χ1) is 23.4. The van der Waals surface area contributed by atoms with Gasteiger partial charge in [0.05, 0.1) is 0 Å². The monoisotopic (exact) mass is 710 g/mol. The van der Waals surface area contributed by atoms with E-state index in [4.69, 9.17) is 0 Å². The van der Waals surface area contributed by atoms with Crippen LogP contribution in [0.1, 0.15) is 118 Å². The average molecular weight is 712 g/mol. The van der Waals surface area contributed by atoms with Gasteiger partial charge in [-0.3, -0.25) is 6.08 Å². The Labute approximate surface area is 307 Å². The van der Waals surface area contributed by atoms with E-state index in [2.05, 4.69) is 132 Å². The molecule has 0 radical (unpaired) electrons. The molecule has 5 aromatic rings. The SMILES string of the molecule is CCCC[C](=[Zr+2])CCCC.CCCCc1c(C)c(Cc2ccccc2)cc2c1[cH-]c1cc(C)c(Cc3ccccc3)cc12.[C-]1=CC=CC1. The molecule has 0 saturated heterocycles. The summed E-state index contributed by atoms with van der Waals surface area (Å²) in [5, 5.41) is 5.69. The van der Waals surface area contributed by atoms with E-state index in [-0.39, 0.29) is 0 Å². The van der Waals surface area contributed by atoms with Crippen LogP contribution in [0, 0.1) is 19.9 Å². The third kappa shape index (κ3) is 11.3. The molecule has 0 aromatic heterocycles. The van der Waals surface area contributed by atoms with Crippen molar-refractivity contribution in [3.63, 3.8) is 0 Å². The maximum absolute atomic E-state index is 2.99. The van der Waals surface area contributed by atoms with Gasteiger partial charge in [0.25, 0.3) is 0 Å². The van der Waals surface area contributed by atoms with Gasteiger partial charge < -0.3 is 0 Å². The van der Waals surface area contributed by atoms with Crippen molar-refractivity contribution < 1.29 is 24.2 Å². The van der Waals surface area contributed by atoms with Crippen LogP contribution in [0.15, 0.2) is 103 Å². The van der Waals surface area contributed by atoms with E-state index in [0.717, 1.165) is 25.7 Å². The number of aryl methyl sites for hydroxylation is 2. The molecule has 0 aliphatic heterocycles. The predicted molar refractivity (Wildman–Crippen MR) is 209 cm³/mol. The summed E-state index contributed by atoms with van der Waals surface area (Å²) >= 11 is 1.67. The van der Waals surface area contributed by atoms with Gasteiger partial charge in [-0.15, -0.1) is 45.7 Å². The number of allylic oxidation sites excluding steroid dienone is 4. The largest absolute Gasteiger partial charge is 0.273 e. The van der Waals surface area contributed by atoms with Gasteiger partial charge in [0.15, 0.2) is 0 Å². The number of hydrogen-bond donors (Lipinski definition) is 0. The molecule has 48 heavy (non-hydrogen) atoms. The molecule has 0 N–H and O–H groups in total. The molecule has 1 aliphatic rings. The minimum absolute atomic E-state index is 0.987. The summed E-state index contributed by atoms with van der Waals surface area (Å²) in [6.45, 7) is 11.4. The van der Waals surface area contributed by atoms with Crippen molar-refractivity contribution in [2.24, 2.45) is 0 Å². The Morgan fingerprint density at radius 1 is 0.729 bits per heavy atom. The molecular weight excluding hydrogens is 656 g/mol. The van der Waals surface area contributed by atoms with E-state index in [0.29, 0.717) is 0 Å². The van der Waals surface area contributed by atoms with Crippen LogP contribution in [0.3, 0.4) is 0 Å². The molecule has 0 amide bonds. The van der Waals surface area contributed by atoms with Crippen LogP contribution in [-0.2, 0) is 43.5 Å². The van der Waals surface area contributed by atoms with Gasteiger partial charge in [-0.05, 0) is 37.8 Å². The van der Waals surface area contributed by atoms with Crippen LogP contribution >= 0.6 is 0 Å². The molecule has 1 heteroatoms. The van der Waals surface area contributed by atoms with Gasteiger partial charge in [-0.1, -0.05) is 121 Å². The minimum Gasteiger partial charge on any atom is -0.273 e. The second kappa shape index (κ2) is 20.5. The molecule has 6 rings (SSSR count). The Morgan fingerprint density at radius 3 is 1.83 bits per heavy atom. The average Bonchev–Trinajstić information content (AvgIpc) is 3.80. The van der Waals surface area contributed by atoms with Crippen molar-refractivity contribution in [1.82, 2.24) is 0 Å². The number of hydrogen-bond acceptors (Lipinski definition) is 0. The maximum atomic E-state index is 2.99. The van der Waals surface area contributed by atoms with Crippen LogP contribution < -0.4 is 0 Å². The van der Waals surface area contributed by atoms with Gasteiger partial charge in [0, 0.05) is 0 Å². The van der Waals surface area contributed by atoms with Crippen molar-refractivity contribution in [2.45, 2.75) is 112 Å². The number of benzene rings is 4. The molecule has 0 heterocycles. The predicted octanol–water partition coefficient (Wildman–Crippen LogP) is 13.2. The Kier molecular flexibility index (Phi) is 16.1. The van der Waals surface area contributed by atoms with Gasteiger partial charge in [-0.25, -0.2) is 12.2 Å². The maximum Gasteiger partial charge on any atom is -0.00358 e. The first-order valence-corrected chi connectivity index (χ1v) is 19.7. The first-order valence-electron chi connectivity index (χ1n) is 18.4. The molecule has 0 fully saturated rings. The number of fused-ring (bicyclic) bond motifs is 3. The second-order valence-corrected chi connectivity index (χ2v) is 15.1. The Balaban J connectivity index is 0.000000288. The van der Waals surface area contributed by atoms with Crippen molar-refractivity contribution in [3.8, 4) is 0 Å². The Hall–Kier alpha value is -3.02. The zero-order valence-corrected chi connectivity index (χ0v) is 32.8. The molecule has 5 aromatic carbocycles. The fourth-order valence-electron chi connectivity index (χ4n) is 6.52. The summed E-state index contributed by atoms with van der Waals surface area (Å²) in [6.07, 6.45) is 23.9. The van der Waals surface area contributed by atoms with Gasteiger partial charge in [0.1, 0.15) is 0 Å². The minimum atomic E-state index is 0.987. The smallest absolute Gasteiger partial charge is 0.00358 e. The normalized spacial score (nSPS) is 11.8. The van der Waals surface area contributed by atoms with E-state index in [1.54, 1.807) is 33.0 Å². The third-order valence-electron chi connectivity index (χ3n) is 9.47.